The van der Waals surface area contributed by atoms with Crippen LogP contribution in [-0.4, -0.2) is 22.8 Å². The van der Waals surface area contributed by atoms with E-state index >= 15 is 0 Å². The van der Waals surface area contributed by atoms with Gasteiger partial charge in [-0.05, 0) is 12.1 Å². The molecule has 0 radical (unpaired) electrons. The number of anilines is 1. The van der Waals surface area contributed by atoms with Gasteiger partial charge in [0.25, 0.3) is 0 Å². The number of carbonyl (C=O) groups is 3. The number of amides is 1. The van der Waals surface area contributed by atoms with Gasteiger partial charge in [0.1, 0.15) is 0 Å². The Balaban J connectivity index is 2.08. The summed E-state index contributed by atoms with van der Waals surface area (Å²) in [6.45, 7) is 0. The fourth-order valence-corrected chi connectivity index (χ4v) is 1.94. The monoisotopic (exact) mass is 297 g/mol. The number of nitrogens with one attached hydrogen (secondary N) is 1. The number of benzene rings is 2. The molecule has 0 aliphatic rings. The molecule has 112 valence electrons. The Morgan fingerprint density at radius 2 is 1.55 bits per heavy atom. The van der Waals surface area contributed by atoms with Gasteiger partial charge in [-0.1, -0.05) is 42.5 Å². The van der Waals surface area contributed by atoms with Crippen LogP contribution in [0.25, 0.3) is 0 Å². The van der Waals surface area contributed by atoms with Crippen LogP contribution in [0.1, 0.15) is 28.8 Å². The van der Waals surface area contributed by atoms with E-state index in [1.807, 2.05) is 6.07 Å². The van der Waals surface area contributed by atoms with Crippen LogP contribution in [0.2, 0.25) is 0 Å². The molecule has 5 heteroatoms. The molecule has 2 rings (SSSR count). The molecule has 22 heavy (non-hydrogen) atoms. The van der Waals surface area contributed by atoms with Gasteiger partial charge >= 0.3 is 5.97 Å². The van der Waals surface area contributed by atoms with Crippen LogP contribution in [0.5, 0.6) is 0 Å². The van der Waals surface area contributed by atoms with Crippen molar-refractivity contribution < 1.29 is 19.5 Å². The quantitative estimate of drug-likeness (QED) is 0.803. The van der Waals surface area contributed by atoms with Crippen molar-refractivity contribution in [1.82, 2.24) is 0 Å². The average molecular weight is 297 g/mol. The van der Waals surface area contributed by atoms with Crippen molar-refractivity contribution >= 4 is 23.3 Å². The summed E-state index contributed by atoms with van der Waals surface area (Å²) in [5, 5.41) is 11.1. The SMILES string of the molecule is O=C(O)CCC(=O)Nc1cccc(C(=O)c2ccccc2)c1. The zero-order valence-corrected chi connectivity index (χ0v) is 11.8. The summed E-state index contributed by atoms with van der Waals surface area (Å²) in [4.78, 5) is 34.3. The van der Waals surface area contributed by atoms with Crippen molar-refractivity contribution in [3.8, 4) is 0 Å². The number of hydrogen-bond acceptors (Lipinski definition) is 3. The van der Waals surface area contributed by atoms with E-state index in [1.54, 1.807) is 48.5 Å². The van der Waals surface area contributed by atoms with E-state index < -0.39 is 11.9 Å². The third-order valence-electron chi connectivity index (χ3n) is 3.01. The van der Waals surface area contributed by atoms with Crippen molar-refractivity contribution in [2.45, 2.75) is 12.8 Å². The van der Waals surface area contributed by atoms with Gasteiger partial charge in [-0.3, -0.25) is 14.4 Å². The summed E-state index contributed by atoms with van der Waals surface area (Å²) < 4.78 is 0. The number of carboxylic acids is 1. The Morgan fingerprint density at radius 3 is 2.23 bits per heavy atom. The topological polar surface area (TPSA) is 83.5 Å². The Kier molecular flexibility index (Phi) is 5.03. The maximum absolute atomic E-state index is 12.3. The molecule has 1 amide bonds. The molecule has 0 aliphatic carbocycles. The lowest BCUT2D eigenvalue weighted by Gasteiger charge is -2.07. The van der Waals surface area contributed by atoms with Gasteiger partial charge in [0, 0.05) is 23.2 Å². The zero-order chi connectivity index (χ0) is 15.9. The Morgan fingerprint density at radius 1 is 0.864 bits per heavy atom. The number of ketones is 1. The Labute approximate surface area is 127 Å². The fourth-order valence-electron chi connectivity index (χ4n) is 1.94. The number of carboxylic acid groups (broad SMARTS) is 1. The van der Waals surface area contributed by atoms with Crippen LogP contribution in [0.3, 0.4) is 0 Å². The zero-order valence-electron chi connectivity index (χ0n) is 11.8. The van der Waals surface area contributed by atoms with Crippen LogP contribution in [0.15, 0.2) is 54.6 Å². The van der Waals surface area contributed by atoms with Crippen LogP contribution in [-0.2, 0) is 9.59 Å². The lowest BCUT2D eigenvalue weighted by molar-refractivity contribution is -0.138. The number of aliphatic carboxylic acids is 1. The predicted octanol–water partition coefficient (Wildman–Crippen LogP) is 2.72. The fraction of sp³-hybridized carbons (Fsp3) is 0.118. The second-order valence-corrected chi connectivity index (χ2v) is 4.72. The summed E-state index contributed by atoms with van der Waals surface area (Å²) in [5.41, 5.74) is 1.50. The maximum atomic E-state index is 12.3. The molecule has 0 unspecified atom stereocenters. The maximum Gasteiger partial charge on any atom is 0.303 e. The average Bonchev–Trinajstić information content (AvgIpc) is 2.53. The molecule has 0 saturated carbocycles. The normalized spacial score (nSPS) is 10.0. The summed E-state index contributed by atoms with van der Waals surface area (Å²) in [6, 6.07) is 15.4. The summed E-state index contributed by atoms with van der Waals surface area (Å²) in [5.74, 6) is -1.56. The molecular formula is C17H15NO4. The highest BCUT2D eigenvalue weighted by atomic mass is 16.4. The summed E-state index contributed by atoms with van der Waals surface area (Å²) in [6.07, 6.45) is -0.333. The summed E-state index contributed by atoms with van der Waals surface area (Å²) >= 11 is 0. The highest BCUT2D eigenvalue weighted by Crippen LogP contribution is 2.15. The van der Waals surface area contributed by atoms with Gasteiger partial charge < -0.3 is 10.4 Å². The molecule has 0 aliphatic heterocycles. The number of hydrogen-bond donors (Lipinski definition) is 2. The molecule has 0 spiro atoms. The Bertz CT molecular complexity index is 695. The van der Waals surface area contributed by atoms with Crippen LogP contribution >= 0.6 is 0 Å². The molecule has 0 heterocycles. The van der Waals surface area contributed by atoms with E-state index in [0.29, 0.717) is 16.8 Å². The lowest BCUT2D eigenvalue weighted by Crippen LogP contribution is -2.13. The van der Waals surface area contributed by atoms with Crippen molar-refractivity contribution in [3.05, 3.63) is 65.7 Å². The molecule has 0 atom stereocenters. The molecule has 0 fully saturated rings. The van der Waals surface area contributed by atoms with E-state index in [0.717, 1.165) is 0 Å². The largest absolute Gasteiger partial charge is 0.481 e. The third-order valence-corrected chi connectivity index (χ3v) is 3.01. The number of carbonyl (C=O) groups excluding carboxylic acids is 2. The highest BCUT2D eigenvalue weighted by Gasteiger charge is 2.10. The minimum atomic E-state index is -1.02. The Hall–Kier alpha value is -2.95. The highest BCUT2D eigenvalue weighted by molar-refractivity contribution is 6.09. The predicted molar refractivity (Wildman–Crippen MR) is 81.8 cm³/mol. The van der Waals surface area contributed by atoms with Gasteiger partial charge in [0.05, 0.1) is 6.42 Å². The first-order chi connectivity index (χ1) is 10.6. The smallest absolute Gasteiger partial charge is 0.303 e. The first kappa shape index (κ1) is 15.4. The van der Waals surface area contributed by atoms with E-state index in [-0.39, 0.29) is 18.6 Å². The molecule has 2 aromatic carbocycles. The van der Waals surface area contributed by atoms with Crippen molar-refractivity contribution in [3.63, 3.8) is 0 Å². The first-order valence-electron chi connectivity index (χ1n) is 6.78. The molecule has 0 aromatic heterocycles. The van der Waals surface area contributed by atoms with Crippen LogP contribution in [0.4, 0.5) is 5.69 Å². The van der Waals surface area contributed by atoms with Gasteiger partial charge in [-0.15, -0.1) is 0 Å². The molecule has 0 bridgehead atoms. The van der Waals surface area contributed by atoms with Gasteiger partial charge in [-0.2, -0.15) is 0 Å². The molecule has 2 N–H and O–H groups in total. The molecule has 2 aromatic rings. The minimum absolute atomic E-state index is 0.105. The second kappa shape index (κ2) is 7.17. The molecular weight excluding hydrogens is 282 g/mol. The van der Waals surface area contributed by atoms with Crippen LogP contribution in [0, 0.1) is 0 Å². The van der Waals surface area contributed by atoms with E-state index in [4.69, 9.17) is 5.11 Å². The first-order valence-corrected chi connectivity index (χ1v) is 6.78. The molecule has 0 saturated heterocycles. The third kappa shape index (κ3) is 4.28. The summed E-state index contributed by atoms with van der Waals surface area (Å²) in [7, 11) is 0. The van der Waals surface area contributed by atoms with Gasteiger partial charge in [0.15, 0.2) is 5.78 Å². The lowest BCUT2D eigenvalue weighted by atomic mass is 10.0. The van der Waals surface area contributed by atoms with Crippen molar-refractivity contribution in [1.29, 1.82) is 0 Å². The van der Waals surface area contributed by atoms with Crippen molar-refractivity contribution in [2.75, 3.05) is 5.32 Å². The second-order valence-electron chi connectivity index (χ2n) is 4.72. The standard InChI is InChI=1S/C17H15NO4/c19-15(9-10-16(20)21)18-14-8-4-7-13(11-14)17(22)12-5-2-1-3-6-12/h1-8,11H,9-10H2,(H,18,19)(H,20,21). The minimum Gasteiger partial charge on any atom is -0.481 e. The van der Waals surface area contributed by atoms with Gasteiger partial charge in [-0.25, -0.2) is 0 Å². The van der Waals surface area contributed by atoms with E-state index in [9.17, 15) is 14.4 Å². The van der Waals surface area contributed by atoms with E-state index in [1.165, 1.54) is 0 Å². The number of rotatable bonds is 6. The molecule has 5 nitrogen and oxygen atoms in total. The van der Waals surface area contributed by atoms with Gasteiger partial charge in [0.2, 0.25) is 5.91 Å². The van der Waals surface area contributed by atoms with Crippen molar-refractivity contribution in [2.24, 2.45) is 0 Å². The van der Waals surface area contributed by atoms with Crippen LogP contribution < -0.4 is 5.32 Å². The van der Waals surface area contributed by atoms with E-state index in [2.05, 4.69) is 5.32 Å².